The standard InChI is InChI=1S/C11H15ClN2O2/c1-8(6-7-16-2)13-11(15)9-4-3-5-10(12)14-9/h3-5,8H,6-7H2,1-2H3,(H,13,15). The van der Waals surface area contributed by atoms with Crippen molar-refractivity contribution < 1.29 is 9.53 Å². The molecule has 0 radical (unpaired) electrons. The zero-order chi connectivity index (χ0) is 12.0. The first-order valence-corrected chi connectivity index (χ1v) is 5.43. The topological polar surface area (TPSA) is 51.2 Å². The van der Waals surface area contributed by atoms with Crippen molar-refractivity contribution in [3.63, 3.8) is 0 Å². The number of pyridine rings is 1. The lowest BCUT2D eigenvalue weighted by atomic mass is 10.2. The van der Waals surface area contributed by atoms with Crippen molar-refractivity contribution in [1.82, 2.24) is 10.3 Å². The fourth-order valence-corrected chi connectivity index (χ4v) is 1.36. The zero-order valence-corrected chi connectivity index (χ0v) is 10.1. The van der Waals surface area contributed by atoms with Gasteiger partial charge in [0.2, 0.25) is 0 Å². The molecule has 0 spiro atoms. The van der Waals surface area contributed by atoms with Gasteiger partial charge in [0.15, 0.2) is 0 Å². The number of amides is 1. The summed E-state index contributed by atoms with van der Waals surface area (Å²) in [6, 6.07) is 5.01. The fraction of sp³-hybridized carbons (Fsp3) is 0.455. The SMILES string of the molecule is COCCC(C)NC(=O)c1cccc(Cl)n1. The molecule has 1 N–H and O–H groups in total. The minimum absolute atomic E-state index is 0.0493. The van der Waals surface area contributed by atoms with Crippen molar-refractivity contribution in [3.8, 4) is 0 Å². The third-order valence-corrected chi connectivity index (χ3v) is 2.29. The zero-order valence-electron chi connectivity index (χ0n) is 9.37. The van der Waals surface area contributed by atoms with Gasteiger partial charge in [0.05, 0.1) is 0 Å². The lowest BCUT2D eigenvalue weighted by molar-refractivity contribution is 0.0924. The van der Waals surface area contributed by atoms with Gasteiger partial charge in [0.25, 0.3) is 5.91 Å². The summed E-state index contributed by atoms with van der Waals surface area (Å²) in [7, 11) is 1.63. The predicted molar refractivity (Wildman–Crippen MR) is 62.7 cm³/mol. The molecule has 0 aliphatic rings. The average Bonchev–Trinajstić information content (AvgIpc) is 2.26. The first-order valence-electron chi connectivity index (χ1n) is 5.06. The van der Waals surface area contributed by atoms with E-state index in [1.807, 2.05) is 6.92 Å². The molecule has 1 aromatic rings. The number of carbonyl (C=O) groups is 1. The summed E-state index contributed by atoms with van der Waals surface area (Å²) >= 11 is 5.70. The second-order valence-electron chi connectivity index (χ2n) is 3.50. The minimum Gasteiger partial charge on any atom is -0.385 e. The van der Waals surface area contributed by atoms with Crippen LogP contribution in [0.3, 0.4) is 0 Å². The summed E-state index contributed by atoms with van der Waals surface area (Å²) in [5, 5.41) is 3.13. The molecular formula is C11H15ClN2O2. The summed E-state index contributed by atoms with van der Waals surface area (Å²) in [4.78, 5) is 15.6. The van der Waals surface area contributed by atoms with Crippen LogP contribution in [0.25, 0.3) is 0 Å². The van der Waals surface area contributed by atoms with E-state index in [1.165, 1.54) is 0 Å². The Hall–Kier alpha value is -1.13. The maximum absolute atomic E-state index is 11.7. The number of carbonyl (C=O) groups excluding carboxylic acids is 1. The van der Waals surface area contributed by atoms with Gasteiger partial charge in [-0.25, -0.2) is 4.98 Å². The Morgan fingerprint density at radius 2 is 2.38 bits per heavy atom. The molecule has 1 unspecified atom stereocenters. The van der Waals surface area contributed by atoms with Crippen LogP contribution in [0.5, 0.6) is 0 Å². The molecule has 0 fully saturated rings. The van der Waals surface area contributed by atoms with Gasteiger partial charge in [-0.05, 0) is 25.5 Å². The van der Waals surface area contributed by atoms with E-state index in [0.29, 0.717) is 17.5 Å². The molecule has 16 heavy (non-hydrogen) atoms. The smallest absolute Gasteiger partial charge is 0.270 e. The van der Waals surface area contributed by atoms with Gasteiger partial charge < -0.3 is 10.1 Å². The van der Waals surface area contributed by atoms with E-state index in [-0.39, 0.29) is 11.9 Å². The Balaban J connectivity index is 2.52. The molecule has 1 rings (SSSR count). The molecule has 1 aromatic heterocycles. The lowest BCUT2D eigenvalue weighted by Crippen LogP contribution is -2.33. The van der Waals surface area contributed by atoms with Crippen LogP contribution in [-0.4, -0.2) is 30.6 Å². The van der Waals surface area contributed by atoms with Gasteiger partial charge in [-0.2, -0.15) is 0 Å². The molecule has 0 aromatic carbocycles. The second kappa shape index (κ2) is 6.45. The fourth-order valence-electron chi connectivity index (χ4n) is 1.20. The first-order chi connectivity index (χ1) is 7.63. The maximum atomic E-state index is 11.7. The molecule has 0 bridgehead atoms. The Kier molecular flexibility index (Phi) is 5.22. The molecular weight excluding hydrogens is 228 g/mol. The van der Waals surface area contributed by atoms with Crippen molar-refractivity contribution in [2.24, 2.45) is 0 Å². The van der Waals surface area contributed by atoms with Crippen LogP contribution in [-0.2, 0) is 4.74 Å². The largest absolute Gasteiger partial charge is 0.385 e. The Morgan fingerprint density at radius 1 is 1.62 bits per heavy atom. The van der Waals surface area contributed by atoms with Crippen LogP contribution in [0.15, 0.2) is 18.2 Å². The molecule has 5 heteroatoms. The quantitative estimate of drug-likeness (QED) is 0.803. The Labute approximate surface area is 100.0 Å². The summed E-state index contributed by atoms with van der Waals surface area (Å²) < 4.78 is 4.93. The number of methoxy groups -OCH3 is 1. The van der Waals surface area contributed by atoms with Gasteiger partial charge in [-0.15, -0.1) is 0 Å². The number of ether oxygens (including phenoxy) is 1. The number of rotatable bonds is 5. The number of nitrogens with zero attached hydrogens (tertiary/aromatic N) is 1. The van der Waals surface area contributed by atoms with E-state index in [4.69, 9.17) is 16.3 Å². The van der Waals surface area contributed by atoms with Gasteiger partial charge in [0, 0.05) is 19.8 Å². The van der Waals surface area contributed by atoms with Crippen molar-refractivity contribution in [1.29, 1.82) is 0 Å². The molecule has 1 atom stereocenters. The van der Waals surface area contributed by atoms with Crippen molar-refractivity contribution in [2.45, 2.75) is 19.4 Å². The van der Waals surface area contributed by atoms with E-state index in [1.54, 1.807) is 25.3 Å². The van der Waals surface area contributed by atoms with E-state index in [0.717, 1.165) is 6.42 Å². The van der Waals surface area contributed by atoms with Crippen molar-refractivity contribution >= 4 is 17.5 Å². The normalized spacial score (nSPS) is 12.2. The average molecular weight is 243 g/mol. The van der Waals surface area contributed by atoms with Gasteiger partial charge in [-0.1, -0.05) is 17.7 Å². The number of halogens is 1. The molecule has 0 saturated carbocycles. The molecule has 4 nitrogen and oxygen atoms in total. The second-order valence-corrected chi connectivity index (χ2v) is 3.89. The van der Waals surface area contributed by atoms with Gasteiger partial charge in [0.1, 0.15) is 10.8 Å². The molecule has 1 heterocycles. The van der Waals surface area contributed by atoms with Crippen LogP contribution in [0.4, 0.5) is 0 Å². The Bertz CT molecular complexity index is 358. The van der Waals surface area contributed by atoms with E-state index in [2.05, 4.69) is 10.3 Å². The predicted octanol–water partition coefficient (Wildman–Crippen LogP) is 1.89. The highest BCUT2D eigenvalue weighted by molar-refractivity contribution is 6.29. The van der Waals surface area contributed by atoms with Crippen molar-refractivity contribution in [3.05, 3.63) is 29.0 Å². The maximum Gasteiger partial charge on any atom is 0.270 e. The number of hydrogen-bond donors (Lipinski definition) is 1. The third kappa shape index (κ3) is 4.16. The summed E-state index contributed by atoms with van der Waals surface area (Å²) in [6.07, 6.45) is 0.767. The van der Waals surface area contributed by atoms with E-state index >= 15 is 0 Å². The van der Waals surface area contributed by atoms with Crippen LogP contribution in [0, 0.1) is 0 Å². The van der Waals surface area contributed by atoms with E-state index in [9.17, 15) is 4.79 Å². The van der Waals surface area contributed by atoms with Crippen LogP contribution in [0.1, 0.15) is 23.8 Å². The minimum atomic E-state index is -0.217. The highest BCUT2D eigenvalue weighted by Gasteiger charge is 2.10. The summed E-state index contributed by atoms with van der Waals surface area (Å²) in [6.45, 7) is 2.53. The lowest BCUT2D eigenvalue weighted by Gasteiger charge is -2.12. The number of aromatic nitrogens is 1. The summed E-state index contributed by atoms with van der Waals surface area (Å²) in [5.74, 6) is -0.217. The van der Waals surface area contributed by atoms with Gasteiger partial charge in [-0.3, -0.25) is 4.79 Å². The first kappa shape index (κ1) is 12.9. The third-order valence-electron chi connectivity index (χ3n) is 2.08. The summed E-state index contributed by atoms with van der Waals surface area (Å²) in [5.41, 5.74) is 0.330. The molecule has 0 saturated heterocycles. The number of hydrogen-bond acceptors (Lipinski definition) is 3. The monoisotopic (exact) mass is 242 g/mol. The van der Waals surface area contributed by atoms with Crippen LogP contribution >= 0.6 is 11.6 Å². The van der Waals surface area contributed by atoms with Crippen LogP contribution in [0.2, 0.25) is 5.15 Å². The molecule has 0 aliphatic heterocycles. The molecule has 1 amide bonds. The highest BCUT2D eigenvalue weighted by atomic mass is 35.5. The number of nitrogens with one attached hydrogen (secondary N) is 1. The van der Waals surface area contributed by atoms with Gasteiger partial charge >= 0.3 is 0 Å². The Morgan fingerprint density at radius 3 is 3.00 bits per heavy atom. The molecule has 88 valence electrons. The molecule has 0 aliphatic carbocycles. The van der Waals surface area contributed by atoms with E-state index < -0.39 is 0 Å². The van der Waals surface area contributed by atoms with Crippen molar-refractivity contribution in [2.75, 3.05) is 13.7 Å². The highest BCUT2D eigenvalue weighted by Crippen LogP contribution is 2.05. The van der Waals surface area contributed by atoms with Crippen LogP contribution < -0.4 is 5.32 Å².